The first-order valence-corrected chi connectivity index (χ1v) is 18.7. The van der Waals surface area contributed by atoms with Gasteiger partial charge in [0.05, 0.1) is 73.6 Å². The molecule has 0 spiro atoms. The normalized spacial score (nSPS) is 16.9. The number of halogens is 1. The molecule has 0 heterocycles. The van der Waals surface area contributed by atoms with Crippen LogP contribution in [0, 0.1) is 11.8 Å². The maximum Gasteiger partial charge on any atom is 0.173 e. The number of quaternary nitrogens is 2. The van der Waals surface area contributed by atoms with Crippen molar-refractivity contribution in [1.82, 2.24) is 10.6 Å². The lowest BCUT2D eigenvalue weighted by atomic mass is 10.2. The molecule has 4 unspecified atom stereocenters. The molecule has 0 amide bonds. The summed E-state index contributed by atoms with van der Waals surface area (Å²) in [6, 6.07) is 2.56. The highest BCUT2D eigenvalue weighted by Gasteiger charge is 2.35. The topological polar surface area (TPSA) is 78.2 Å². The van der Waals surface area contributed by atoms with E-state index in [1.54, 1.807) is 0 Å². The lowest BCUT2D eigenvalue weighted by molar-refractivity contribution is -0.871. The number of rotatable bonds is 18. The highest BCUT2D eigenvalue weighted by molar-refractivity contribution is 6.84. The van der Waals surface area contributed by atoms with Gasteiger partial charge in [-0.15, -0.1) is 0 Å². The highest BCUT2D eigenvalue weighted by atomic mass is 35.5. The zero-order valence-corrected chi connectivity index (χ0v) is 26.4. The van der Waals surface area contributed by atoms with Crippen LogP contribution in [0.25, 0.3) is 0 Å². The maximum absolute atomic E-state index is 9.70. The second-order valence-corrected chi connectivity index (χ2v) is 21.4. The second kappa shape index (κ2) is 16.2. The van der Waals surface area contributed by atoms with Crippen molar-refractivity contribution in [1.29, 1.82) is 0 Å². The Kier molecular flexibility index (Phi) is 17.5. The van der Waals surface area contributed by atoms with Crippen molar-refractivity contribution >= 4 is 16.6 Å². The quantitative estimate of drug-likeness (QED) is 0.0997. The molecule has 0 aromatic carbocycles. The minimum atomic E-state index is -1.78. The number of hydrogen-bond donors (Lipinski definition) is 5. The summed E-state index contributed by atoms with van der Waals surface area (Å²) in [5.41, 5.74) is 0. The zero-order chi connectivity index (χ0) is 25.2. The van der Waals surface area contributed by atoms with Gasteiger partial charge in [0, 0.05) is 0 Å². The Bertz CT molecular complexity index is 509. The van der Waals surface area contributed by atoms with Crippen LogP contribution in [0.2, 0.25) is 38.3 Å². The van der Waals surface area contributed by atoms with E-state index >= 15 is 0 Å². The number of aliphatic hydroxyl groups excluding tert-OH is 2. The molecule has 0 saturated heterocycles. The molecule has 0 fully saturated rings. The van der Waals surface area contributed by atoms with Crippen LogP contribution < -0.4 is 27.9 Å². The van der Waals surface area contributed by atoms with E-state index in [4.69, 9.17) is 4.12 Å². The monoisotopic (exact) mass is 529 g/mol. The van der Waals surface area contributed by atoms with Crippen molar-refractivity contribution in [3.05, 3.63) is 0 Å². The molecule has 0 aromatic rings. The van der Waals surface area contributed by atoms with Gasteiger partial charge in [0.2, 0.25) is 0 Å². The molecule has 4 atom stereocenters. The van der Waals surface area contributed by atoms with Gasteiger partial charge in [0.25, 0.3) is 0 Å². The number of aliphatic hydroxyl groups is 2. The maximum atomic E-state index is 9.70. The summed E-state index contributed by atoms with van der Waals surface area (Å²) in [6.45, 7) is 18.1. The van der Waals surface area contributed by atoms with E-state index in [1.807, 2.05) is 0 Å². The number of nitrogens with one attached hydrogen (secondary N) is 3. The smallest absolute Gasteiger partial charge is 0.173 e. The molecule has 10 heteroatoms. The summed E-state index contributed by atoms with van der Waals surface area (Å²) in [5.74, 6) is 1.06. The molecular formula is C23H58ClN4O3Si2+. The van der Waals surface area contributed by atoms with Crippen molar-refractivity contribution in [3.63, 3.8) is 0 Å². The highest BCUT2D eigenvalue weighted by Crippen LogP contribution is 2.27. The Labute approximate surface area is 213 Å². The molecule has 0 aliphatic rings. The fraction of sp³-hybridized carbons (Fsp3) is 1.00. The third-order valence-electron chi connectivity index (χ3n) is 5.61. The van der Waals surface area contributed by atoms with Crippen LogP contribution in [0.15, 0.2) is 0 Å². The number of nitrogens with zero attached hydrogens (tertiary/aromatic N) is 1. The third-order valence-corrected chi connectivity index (χ3v) is 13.4. The minimum absolute atomic E-state index is 0. The van der Waals surface area contributed by atoms with E-state index in [0.29, 0.717) is 11.8 Å². The molecule has 7 nitrogen and oxygen atoms in total. The molecule has 0 bridgehead atoms. The molecule has 0 aromatic heterocycles. The van der Waals surface area contributed by atoms with Gasteiger partial charge in [-0.05, 0) is 63.2 Å². The van der Waals surface area contributed by atoms with Crippen LogP contribution in [-0.2, 0) is 4.12 Å². The second-order valence-electron chi connectivity index (χ2n) is 12.7. The number of likely N-dealkylation sites (N-methyl/N-ethyl adjacent to an activating group) is 2. The minimum Gasteiger partial charge on any atom is -1.00 e. The summed E-state index contributed by atoms with van der Waals surface area (Å²) < 4.78 is 7.74. The Morgan fingerprint density at radius 3 is 1.55 bits per heavy atom. The largest absolute Gasteiger partial charge is 1.00 e. The van der Waals surface area contributed by atoms with Crippen molar-refractivity contribution in [2.45, 2.75) is 64.2 Å². The summed E-state index contributed by atoms with van der Waals surface area (Å²) in [6.07, 6.45) is 0. The predicted octanol–water partition coefficient (Wildman–Crippen LogP) is -2.56. The van der Waals surface area contributed by atoms with Gasteiger partial charge in [0.15, 0.2) is 16.6 Å². The molecule has 5 N–H and O–H groups in total. The molecule has 0 aliphatic heterocycles. The first kappa shape index (κ1) is 35.6. The Morgan fingerprint density at radius 1 is 0.818 bits per heavy atom. The van der Waals surface area contributed by atoms with E-state index < -0.39 is 16.6 Å². The fourth-order valence-corrected chi connectivity index (χ4v) is 15.2. The average molecular weight is 530 g/mol. The summed E-state index contributed by atoms with van der Waals surface area (Å²) in [5, 5.41) is 26.4. The predicted molar refractivity (Wildman–Crippen MR) is 142 cm³/mol. The van der Waals surface area contributed by atoms with Gasteiger partial charge < -0.3 is 46.8 Å². The van der Waals surface area contributed by atoms with Crippen LogP contribution in [0.1, 0.15) is 13.8 Å². The van der Waals surface area contributed by atoms with Gasteiger partial charge in [-0.2, -0.15) is 0 Å². The molecule has 0 saturated carbocycles. The number of hydrogen-bond acceptors (Lipinski definition) is 5. The van der Waals surface area contributed by atoms with Crippen molar-refractivity contribution in [2.75, 3.05) is 74.6 Å². The van der Waals surface area contributed by atoms with Crippen LogP contribution in [0.4, 0.5) is 0 Å². The Hall–Kier alpha value is 0.444. The summed E-state index contributed by atoms with van der Waals surface area (Å²) >= 11 is 0. The third kappa shape index (κ3) is 19.3. The lowest BCUT2D eigenvalue weighted by Crippen LogP contribution is -3.07. The first-order chi connectivity index (χ1) is 14.5. The molecule has 0 radical (unpaired) electrons. The van der Waals surface area contributed by atoms with Gasteiger partial charge in [0.1, 0.15) is 0 Å². The molecular weight excluding hydrogens is 472 g/mol. The Morgan fingerprint density at radius 2 is 1.21 bits per heavy atom. The first-order valence-electron chi connectivity index (χ1n) is 12.5. The van der Waals surface area contributed by atoms with Crippen LogP contribution in [0.5, 0.6) is 0 Å². The molecule has 0 aliphatic carbocycles. The SMILES string of the molecule is CC(CNC(CO)C[NH+](C)C)C[Si](C)(C)O[Si](C)(C)CC(C)CNC(CO)C[N+](C)(C)C.[Cl-]. The van der Waals surface area contributed by atoms with E-state index in [-0.39, 0.29) is 37.7 Å². The summed E-state index contributed by atoms with van der Waals surface area (Å²) in [7, 11) is 7.17. The van der Waals surface area contributed by atoms with E-state index in [9.17, 15) is 10.2 Å². The molecule has 202 valence electrons. The lowest BCUT2D eigenvalue weighted by Gasteiger charge is -2.37. The van der Waals surface area contributed by atoms with Gasteiger partial charge in [-0.1, -0.05) is 13.8 Å². The average Bonchev–Trinajstić information content (AvgIpc) is 2.58. The standard InChI is InChI=1S/C23H57N4O3Si2.ClH/c1-20(12-24-22(16-28)14-26(3)4)18-31(8,9)30-32(10,11)19-21(2)13-25-23(17-29)15-27(5,6)7;/h20-25,28-29H,12-19H2,1-11H3;1H/q+1;. The van der Waals surface area contributed by atoms with E-state index in [1.165, 1.54) is 4.90 Å². The van der Waals surface area contributed by atoms with Gasteiger partial charge in [-0.3, -0.25) is 0 Å². The van der Waals surface area contributed by atoms with Crippen LogP contribution in [-0.4, -0.2) is 118 Å². The van der Waals surface area contributed by atoms with Crippen molar-refractivity contribution in [2.24, 2.45) is 11.8 Å². The molecule has 33 heavy (non-hydrogen) atoms. The van der Waals surface area contributed by atoms with Crippen LogP contribution in [0.3, 0.4) is 0 Å². The summed E-state index contributed by atoms with van der Waals surface area (Å²) in [4.78, 5) is 1.35. The van der Waals surface area contributed by atoms with Crippen LogP contribution >= 0.6 is 0 Å². The van der Waals surface area contributed by atoms with E-state index in [0.717, 1.165) is 42.8 Å². The fourth-order valence-electron chi connectivity index (χ4n) is 4.93. The van der Waals surface area contributed by atoms with E-state index in [2.05, 4.69) is 85.9 Å². The van der Waals surface area contributed by atoms with Crippen molar-refractivity contribution in [3.8, 4) is 0 Å². The van der Waals surface area contributed by atoms with Crippen molar-refractivity contribution < 1.29 is 36.1 Å². The molecule has 0 rings (SSSR count). The Balaban J connectivity index is 0. The zero-order valence-electron chi connectivity index (χ0n) is 23.6. The van der Waals surface area contributed by atoms with Gasteiger partial charge >= 0.3 is 0 Å². The van der Waals surface area contributed by atoms with Gasteiger partial charge in [-0.25, -0.2) is 0 Å².